The SMILES string of the molecule is CC(CC(=O)O)c1cc(OCc2ccccc2)cc(OCc2ccccc2)c1. The molecule has 3 aromatic carbocycles. The number of rotatable bonds is 9. The van der Waals surface area contributed by atoms with Crippen molar-refractivity contribution >= 4 is 5.97 Å². The van der Waals surface area contributed by atoms with E-state index in [2.05, 4.69) is 0 Å². The average molecular weight is 376 g/mol. The molecule has 0 saturated heterocycles. The Balaban J connectivity index is 1.77. The highest BCUT2D eigenvalue weighted by Crippen LogP contribution is 2.30. The molecule has 1 N–H and O–H groups in total. The van der Waals surface area contributed by atoms with Gasteiger partial charge in [0.25, 0.3) is 0 Å². The van der Waals surface area contributed by atoms with Gasteiger partial charge in [-0.1, -0.05) is 67.6 Å². The molecule has 28 heavy (non-hydrogen) atoms. The lowest BCUT2D eigenvalue weighted by molar-refractivity contribution is -0.137. The summed E-state index contributed by atoms with van der Waals surface area (Å²) in [5.74, 6) is 0.370. The fourth-order valence-electron chi connectivity index (χ4n) is 2.91. The van der Waals surface area contributed by atoms with E-state index in [0.29, 0.717) is 24.7 Å². The van der Waals surface area contributed by atoms with Crippen LogP contribution in [0.4, 0.5) is 0 Å². The van der Waals surface area contributed by atoms with Crippen LogP contribution in [0.3, 0.4) is 0 Å². The molecule has 0 bridgehead atoms. The molecule has 4 heteroatoms. The van der Waals surface area contributed by atoms with Crippen molar-refractivity contribution in [2.75, 3.05) is 0 Å². The molecular formula is C24H24O4. The minimum absolute atomic E-state index is 0.0558. The van der Waals surface area contributed by atoms with Gasteiger partial charge in [0, 0.05) is 6.07 Å². The van der Waals surface area contributed by atoms with E-state index < -0.39 is 5.97 Å². The molecule has 0 heterocycles. The van der Waals surface area contributed by atoms with Crippen LogP contribution in [0.15, 0.2) is 78.9 Å². The van der Waals surface area contributed by atoms with Crippen LogP contribution in [0, 0.1) is 0 Å². The Morgan fingerprint density at radius 2 is 1.29 bits per heavy atom. The first-order valence-corrected chi connectivity index (χ1v) is 9.30. The summed E-state index contributed by atoms with van der Waals surface area (Å²) in [6.45, 7) is 2.77. The number of hydrogen-bond donors (Lipinski definition) is 1. The van der Waals surface area contributed by atoms with Crippen molar-refractivity contribution in [1.82, 2.24) is 0 Å². The zero-order valence-corrected chi connectivity index (χ0v) is 15.9. The molecule has 0 fully saturated rings. The Morgan fingerprint density at radius 3 is 1.71 bits per heavy atom. The molecule has 3 aromatic rings. The molecule has 1 unspecified atom stereocenters. The zero-order chi connectivity index (χ0) is 19.8. The Labute approximate surface area is 165 Å². The normalized spacial score (nSPS) is 11.6. The van der Waals surface area contributed by atoms with Crippen molar-refractivity contribution in [2.45, 2.75) is 32.5 Å². The van der Waals surface area contributed by atoms with Gasteiger partial charge in [-0.2, -0.15) is 0 Å². The first-order chi connectivity index (χ1) is 13.6. The van der Waals surface area contributed by atoms with Crippen LogP contribution in [-0.4, -0.2) is 11.1 Å². The monoisotopic (exact) mass is 376 g/mol. The first-order valence-electron chi connectivity index (χ1n) is 9.30. The van der Waals surface area contributed by atoms with Crippen LogP contribution in [0.2, 0.25) is 0 Å². The summed E-state index contributed by atoms with van der Waals surface area (Å²) in [7, 11) is 0. The lowest BCUT2D eigenvalue weighted by Crippen LogP contribution is -2.05. The van der Waals surface area contributed by atoms with Crippen LogP contribution >= 0.6 is 0 Å². The van der Waals surface area contributed by atoms with E-state index in [1.807, 2.05) is 85.8 Å². The standard InChI is InChI=1S/C24H24O4/c1-18(12-24(25)26)21-13-22(27-16-19-8-4-2-5-9-19)15-23(14-21)28-17-20-10-6-3-7-11-20/h2-11,13-15,18H,12,16-17H2,1H3,(H,25,26). The Kier molecular flexibility index (Phi) is 6.68. The molecule has 144 valence electrons. The number of carboxylic acid groups (broad SMARTS) is 1. The van der Waals surface area contributed by atoms with Crippen LogP contribution in [0.25, 0.3) is 0 Å². The second kappa shape index (κ2) is 9.60. The van der Waals surface area contributed by atoms with E-state index in [9.17, 15) is 4.79 Å². The third-order valence-electron chi connectivity index (χ3n) is 4.45. The number of hydrogen-bond acceptors (Lipinski definition) is 3. The van der Waals surface area contributed by atoms with E-state index in [4.69, 9.17) is 14.6 Å². The minimum Gasteiger partial charge on any atom is -0.489 e. The Bertz CT molecular complexity index is 829. The predicted octanol–water partition coefficient (Wildman–Crippen LogP) is 5.42. The van der Waals surface area contributed by atoms with Crippen molar-refractivity contribution in [3.8, 4) is 11.5 Å². The number of aliphatic carboxylic acids is 1. The zero-order valence-electron chi connectivity index (χ0n) is 15.9. The molecule has 0 radical (unpaired) electrons. The van der Waals surface area contributed by atoms with Gasteiger partial charge in [-0.05, 0) is 34.7 Å². The van der Waals surface area contributed by atoms with E-state index in [0.717, 1.165) is 16.7 Å². The second-order valence-corrected chi connectivity index (χ2v) is 6.79. The van der Waals surface area contributed by atoms with Crippen molar-refractivity contribution in [3.63, 3.8) is 0 Å². The lowest BCUT2D eigenvalue weighted by Gasteiger charge is -2.15. The quantitative estimate of drug-likeness (QED) is 0.541. The number of ether oxygens (including phenoxy) is 2. The van der Waals surface area contributed by atoms with Gasteiger partial charge in [0.2, 0.25) is 0 Å². The van der Waals surface area contributed by atoms with Crippen LogP contribution in [0.5, 0.6) is 11.5 Å². The van der Waals surface area contributed by atoms with E-state index >= 15 is 0 Å². The number of carboxylic acids is 1. The predicted molar refractivity (Wildman–Crippen MR) is 109 cm³/mol. The molecule has 0 aliphatic heterocycles. The summed E-state index contributed by atoms with van der Waals surface area (Å²) in [5, 5.41) is 9.13. The summed E-state index contributed by atoms with van der Waals surface area (Å²) < 4.78 is 11.9. The molecule has 0 aromatic heterocycles. The molecule has 0 amide bonds. The highest BCUT2D eigenvalue weighted by atomic mass is 16.5. The van der Waals surface area contributed by atoms with Gasteiger partial charge in [0.1, 0.15) is 24.7 Å². The molecule has 4 nitrogen and oxygen atoms in total. The van der Waals surface area contributed by atoms with Gasteiger partial charge in [-0.3, -0.25) is 4.79 Å². The van der Waals surface area contributed by atoms with Gasteiger partial charge in [0.05, 0.1) is 6.42 Å². The highest BCUT2D eigenvalue weighted by Gasteiger charge is 2.13. The summed E-state index contributed by atoms with van der Waals surface area (Å²) in [5.41, 5.74) is 3.02. The Hall–Kier alpha value is -3.27. The van der Waals surface area contributed by atoms with Crippen molar-refractivity contribution in [3.05, 3.63) is 95.6 Å². The summed E-state index contributed by atoms with van der Waals surface area (Å²) >= 11 is 0. The number of carbonyl (C=O) groups is 1. The van der Waals surface area contributed by atoms with Crippen LogP contribution in [0.1, 0.15) is 36.0 Å². The van der Waals surface area contributed by atoms with Crippen molar-refractivity contribution in [2.24, 2.45) is 0 Å². The van der Waals surface area contributed by atoms with Gasteiger partial charge in [-0.25, -0.2) is 0 Å². The largest absolute Gasteiger partial charge is 0.489 e. The Morgan fingerprint density at radius 1 is 0.821 bits per heavy atom. The first kappa shape index (κ1) is 19.5. The molecule has 3 rings (SSSR count). The summed E-state index contributed by atoms with van der Waals surface area (Å²) in [4.78, 5) is 11.1. The summed E-state index contributed by atoms with van der Waals surface area (Å²) in [6.07, 6.45) is 0.0558. The molecular weight excluding hydrogens is 352 g/mol. The van der Waals surface area contributed by atoms with Gasteiger partial charge in [0.15, 0.2) is 0 Å². The smallest absolute Gasteiger partial charge is 0.303 e. The topological polar surface area (TPSA) is 55.8 Å². The molecule has 0 aliphatic carbocycles. The lowest BCUT2D eigenvalue weighted by atomic mass is 9.97. The van der Waals surface area contributed by atoms with Crippen LogP contribution < -0.4 is 9.47 Å². The molecule has 0 aliphatic rings. The van der Waals surface area contributed by atoms with Crippen molar-refractivity contribution < 1.29 is 19.4 Å². The van der Waals surface area contributed by atoms with Gasteiger partial charge < -0.3 is 14.6 Å². The summed E-state index contributed by atoms with van der Waals surface area (Å²) in [6, 6.07) is 25.5. The highest BCUT2D eigenvalue weighted by molar-refractivity contribution is 5.68. The minimum atomic E-state index is -0.824. The van der Waals surface area contributed by atoms with E-state index in [1.54, 1.807) is 0 Å². The van der Waals surface area contributed by atoms with Crippen LogP contribution in [-0.2, 0) is 18.0 Å². The third kappa shape index (κ3) is 5.88. The maximum absolute atomic E-state index is 11.1. The maximum Gasteiger partial charge on any atom is 0.303 e. The van der Waals surface area contributed by atoms with Gasteiger partial charge in [-0.15, -0.1) is 0 Å². The number of benzene rings is 3. The fourth-order valence-corrected chi connectivity index (χ4v) is 2.91. The van der Waals surface area contributed by atoms with E-state index in [-0.39, 0.29) is 12.3 Å². The second-order valence-electron chi connectivity index (χ2n) is 6.79. The van der Waals surface area contributed by atoms with Crippen molar-refractivity contribution in [1.29, 1.82) is 0 Å². The fraction of sp³-hybridized carbons (Fsp3) is 0.208. The van der Waals surface area contributed by atoms with E-state index in [1.165, 1.54) is 0 Å². The maximum atomic E-state index is 11.1. The molecule has 1 atom stereocenters. The molecule has 0 saturated carbocycles. The van der Waals surface area contributed by atoms with Gasteiger partial charge >= 0.3 is 5.97 Å². The average Bonchev–Trinajstić information content (AvgIpc) is 2.72. The molecule has 0 spiro atoms. The third-order valence-corrected chi connectivity index (χ3v) is 4.45.